The van der Waals surface area contributed by atoms with Crippen molar-refractivity contribution in [2.24, 2.45) is 10.8 Å². The fourth-order valence-corrected chi connectivity index (χ4v) is 10.3. The Labute approximate surface area is 474 Å². The molecule has 4 atom stereocenters. The molecular weight excluding hydrogens is 1060 g/mol. The van der Waals surface area contributed by atoms with Crippen LogP contribution in [0.15, 0.2) is 60.7 Å². The molecule has 2 fully saturated rings. The number of methoxy groups -OCH3 is 6. The van der Waals surface area contributed by atoms with Crippen LogP contribution in [-0.4, -0.2) is 120 Å². The molecule has 0 saturated carbocycles. The lowest BCUT2D eigenvalue weighted by Crippen LogP contribution is -2.44. The predicted molar refractivity (Wildman–Crippen MR) is 306 cm³/mol. The van der Waals surface area contributed by atoms with Gasteiger partial charge in [-0.25, -0.2) is 9.59 Å². The Hall–Kier alpha value is -5.59. The molecule has 2 heterocycles. The summed E-state index contributed by atoms with van der Waals surface area (Å²) < 4.78 is 85.8. The average molecular weight is 1150 g/mol. The fraction of sp³-hybridized carbons (Fsp3) is 0.567. The molecule has 0 radical (unpaired) electrons. The highest BCUT2D eigenvalue weighted by Crippen LogP contribution is 2.53. The Balaban J connectivity index is 1.56. The van der Waals surface area contributed by atoms with E-state index in [1.165, 1.54) is 42.7 Å². The molecule has 2 aliphatic heterocycles. The third kappa shape index (κ3) is 14.4. The Morgan fingerprint density at radius 1 is 0.500 bits per heavy atom. The van der Waals surface area contributed by atoms with Crippen LogP contribution in [-0.2, 0) is 38.0 Å². The van der Waals surface area contributed by atoms with E-state index in [9.17, 15) is 19.8 Å². The number of aliphatic hydroxyl groups is 2. The van der Waals surface area contributed by atoms with Gasteiger partial charge in [-0.1, -0.05) is 81.4 Å². The van der Waals surface area contributed by atoms with Gasteiger partial charge in [-0.15, -0.1) is 0 Å². The lowest BCUT2D eigenvalue weighted by Gasteiger charge is -2.39. The van der Waals surface area contributed by atoms with E-state index in [1.807, 2.05) is 0 Å². The summed E-state index contributed by atoms with van der Waals surface area (Å²) in [5, 5.41) is 24.6. The molecule has 2 saturated heterocycles. The first kappa shape index (κ1) is 63.6. The topological polar surface area (TPSA) is 204 Å². The van der Waals surface area contributed by atoms with Crippen molar-refractivity contribution in [2.45, 2.75) is 142 Å². The number of esters is 2. The molecule has 0 aliphatic carbocycles. The number of aliphatic hydroxyl groups excluding tert-OH is 2. The van der Waals surface area contributed by atoms with E-state index in [-0.39, 0.29) is 78.0 Å². The highest BCUT2D eigenvalue weighted by molar-refractivity contribution is 6.75. The van der Waals surface area contributed by atoms with E-state index in [0.717, 1.165) is 0 Å². The van der Waals surface area contributed by atoms with Crippen LogP contribution in [0.4, 0.5) is 0 Å². The molecule has 0 spiro atoms. The maximum Gasteiger partial charge on any atom is 0.350 e. The normalized spacial score (nSPS) is 17.7. The highest BCUT2D eigenvalue weighted by atomic mass is 28.4. The smallest absolute Gasteiger partial charge is 0.350 e. The highest BCUT2D eigenvalue weighted by Gasteiger charge is 2.44. The van der Waals surface area contributed by atoms with Gasteiger partial charge in [-0.05, 0) is 95.9 Å². The lowest BCUT2D eigenvalue weighted by molar-refractivity contribution is -0.226. The predicted octanol–water partition coefficient (Wildman–Crippen LogP) is 11.6. The summed E-state index contributed by atoms with van der Waals surface area (Å²) in [6.07, 6.45) is -8.18. The molecule has 0 aromatic heterocycles. The fourth-order valence-electron chi connectivity index (χ4n) is 8.28. The van der Waals surface area contributed by atoms with Crippen molar-refractivity contribution >= 4 is 28.6 Å². The third-order valence-electron chi connectivity index (χ3n) is 15.3. The maximum absolute atomic E-state index is 13.9. The van der Waals surface area contributed by atoms with Gasteiger partial charge in [0.05, 0.1) is 69.1 Å². The number of hydrogen-bond donors (Lipinski definition) is 2. The van der Waals surface area contributed by atoms with Gasteiger partial charge in [0, 0.05) is 33.1 Å². The quantitative estimate of drug-likeness (QED) is 0.0588. The van der Waals surface area contributed by atoms with Gasteiger partial charge in [-0.2, -0.15) is 0 Å². The molecule has 0 bridgehead atoms. The van der Waals surface area contributed by atoms with Gasteiger partial charge in [0.15, 0.2) is 58.6 Å². The van der Waals surface area contributed by atoms with E-state index in [2.05, 4.69) is 95.4 Å². The van der Waals surface area contributed by atoms with Crippen LogP contribution in [0.1, 0.15) is 116 Å². The zero-order chi connectivity index (χ0) is 59.5. The molecule has 442 valence electrons. The zero-order valence-electron chi connectivity index (χ0n) is 50.5. The summed E-state index contributed by atoms with van der Waals surface area (Å²) in [5.41, 5.74) is 1.90. The van der Waals surface area contributed by atoms with Gasteiger partial charge in [0.25, 0.3) is 16.6 Å². The van der Waals surface area contributed by atoms with Crippen LogP contribution in [0.2, 0.25) is 36.3 Å². The SMILES string of the molecule is COC(=O)C(Oc1ccc(C2OCC(C)(C)CO2)cc1OC)C(O)c1cc(OC)c(O[Si](C)(C)C(C)(C)C)c(-c2cc(C(O)C(Oc3ccc(C4OCC(C)(C)CO4)cc3OC)C(=O)OC)cc(OC)c2O[Si](C)(C)C(C)(C)C)c1. The van der Waals surface area contributed by atoms with Crippen molar-refractivity contribution in [3.63, 3.8) is 0 Å². The summed E-state index contributed by atoms with van der Waals surface area (Å²) in [4.78, 5) is 27.9. The molecule has 20 heteroatoms. The standard InChI is InChI=1S/C60H86O18Si2/c1-57(2,3)79(17,18)77-49-39(25-37(29-45(49)67-13)47(61)51(53(63)69-15)75-41-23-21-35(27-43(41)65-11)55-71-31-59(7,8)32-72-55)40-26-38(30-46(68-14)50(40)78-80(19,20)58(4,5)6)48(62)52(54(64)70-16)76-42-24-22-36(28-44(42)66-12)56-73-33-60(9,10)34-74-56/h21-30,47-48,51-52,55-56,61-62H,31-34H2,1-20H3. The molecule has 2 aliphatic rings. The van der Waals surface area contributed by atoms with Crippen molar-refractivity contribution in [2.75, 3.05) is 69.1 Å². The van der Waals surface area contributed by atoms with Crippen LogP contribution in [0.3, 0.4) is 0 Å². The van der Waals surface area contributed by atoms with Crippen LogP contribution >= 0.6 is 0 Å². The van der Waals surface area contributed by atoms with Gasteiger partial charge in [-0.3, -0.25) is 0 Å². The summed E-state index contributed by atoms with van der Waals surface area (Å²) in [6, 6.07) is 16.5. The summed E-state index contributed by atoms with van der Waals surface area (Å²) in [7, 11) is 2.66. The Kier molecular flexibility index (Phi) is 19.8. The van der Waals surface area contributed by atoms with E-state index >= 15 is 0 Å². The second-order valence-electron chi connectivity index (χ2n) is 25.0. The first-order valence-electron chi connectivity index (χ1n) is 26.7. The second-order valence-corrected chi connectivity index (χ2v) is 34.4. The molecule has 4 aromatic rings. The monoisotopic (exact) mass is 1150 g/mol. The minimum atomic E-state index is -2.79. The third-order valence-corrected chi connectivity index (χ3v) is 23.9. The van der Waals surface area contributed by atoms with E-state index in [4.69, 9.17) is 65.7 Å². The molecule has 6 rings (SSSR count). The van der Waals surface area contributed by atoms with E-state index in [0.29, 0.717) is 48.7 Å². The lowest BCUT2D eigenvalue weighted by atomic mass is 9.93. The minimum Gasteiger partial charge on any atom is -0.541 e. The number of carbonyl (C=O) groups is 2. The van der Waals surface area contributed by atoms with Gasteiger partial charge < -0.3 is 75.9 Å². The van der Waals surface area contributed by atoms with Crippen molar-refractivity contribution in [3.8, 4) is 57.1 Å². The average Bonchev–Trinajstić information content (AvgIpc) is 3.59. The van der Waals surface area contributed by atoms with Crippen LogP contribution < -0.4 is 37.3 Å². The van der Waals surface area contributed by atoms with Gasteiger partial charge in [0.1, 0.15) is 12.2 Å². The second kappa shape index (κ2) is 24.9. The Morgan fingerprint density at radius 2 is 0.812 bits per heavy atom. The summed E-state index contributed by atoms with van der Waals surface area (Å²) in [5.74, 6) is -0.171. The molecule has 18 nitrogen and oxygen atoms in total. The van der Waals surface area contributed by atoms with Crippen molar-refractivity contribution < 1.29 is 85.5 Å². The minimum absolute atomic E-state index is 0.121. The van der Waals surface area contributed by atoms with Crippen molar-refractivity contribution in [1.82, 2.24) is 0 Å². The number of carbonyl (C=O) groups excluding carboxylic acids is 2. The van der Waals surface area contributed by atoms with Crippen LogP contribution in [0, 0.1) is 10.8 Å². The Morgan fingerprint density at radius 3 is 1.09 bits per heavy atom. The maximum atomic E-state index is 13.9. The zero-order valence-corrected chi connectivity index (χ0v) is 52.5. The molecular formula is C60H86O18Si2. The van der Waals surface area contributed by atoms with Crippen molar-refractivity contribution in [1.29, 1.82) is 0 Å². The van der Waals surface area contributed by atoms with E-state index in [1.54, 1.807) is 60.7 Å². The number of rotatable bonds is 21. The van der Waals surface area contributed by atoms with Crippen LogP contribution in [0.5, 0.6) is 46.0 Å². The summed E-state index contributed by atoms with van der Waals surface area (Å²) >= 11 is 0. The van der Waals surface area contributed by atoms with Gasteiger partial charge in [0.2, 0.25) is 12.2 Å². The van der Waals surface area contributed by atoms with E-state index < -0.39 is 65.6 Å². The molecule has 4 unspecified atom stereocenters. The first-order chi connectivity index (χ1) is 37.2. The number of hydrogen-bond acceptors (Lipinski definition) is 18. The molecule has 4 aromatic carbocycles. The summed E-state index contributed by atoms with van der Waals surface area (Å²) in [6.45, 7) is 31.0. The molecule has 0 amide bonds. The van der Waals surface area contributed by atoms with Gasteiger partial charge >= 0.3 is 11.9 Å². The Bertz CT molecular complexity index is 2610. The number of benzene rings is 4. The van der Waals surface area contributed by atoms with Crippen LogP contribution in [0.25, 0.3) is 11.1 Å². The first-order valence-corrected chi connectivity index (χ1v) is 32.6. The molecule has 2 N–H and O–H groups in total. The largest absolute Gasteiger partial charge is 0.541 e. The van der Waals surface area contributed by atoms with Crippen molar-refractivity contribution in [3.05, 3.63) is 82.9 Å². The number of ether oxygens (including phenoxy) is 12. The molecule has 80 heavy (non-hydrogen) atoms.